The maximum absolute atomic E-state index is 13.8. The summed E-state index contributed by atoms with van der Waals surface area (Å²) in [5, 5.41) is 3.44. The van der Waals surface area contributed by atoms with Gasteiger partial charge in [-0.05, 0) is 56.0 Å². The normalized spacial score (nSPS) is 16.9. The van der Waals surface area contributed by atoms with E-state index in [1.807, 2.05) is 32.0 Å². The molecule has 0 aliphatic heterocycles. The van der Waals surface area contributed by atoms with Crippen LogP contribution in [0.2, 0.25) is 0 Å². The van der Waals surface area contributed by atoms with Crippen molar-refractivity contribution in [2.24, 2.45) is 0 Å². The van der Waals surface area contributed by atoms with Crippen molar-refractivity contribution in [3.8, 4) is 5.88 Å². The minimum atomic E-state index is -0.110. The highest BCUT2D eigenvalue weighted by molar-refractivity contribution is 5.55. The standard InChI is InChI=1S/C17H19FN2O/c1-11(2)21-17-16(7-4-10-19-17)20-15-9-8-12-13(15)5-3-6-14(12)18/h3-7,10-11,15,20H,8-9H2,1-2H3. The Morgan fingerprint density at radius 2 is 2.14 bits per heavy atom. The van der Waals surface area contributed by atoms with Crippen LogP contribution in [0.4, 0.5) is 10.1 Å². The zero-order chi connectivity index (χ0) is 14.8. The molecule has 1 aromatic carbocycles. The van der Waals surface area contributed by atoms with Crippen LogP contribution in [0, 0.1) is 5.82 Å². The van der Waals surface area contributed by atoms with Gasteiger partial charge in [0.25, 0.3) is 0 Å². The molecule has 1 aliphatic rings. The first-order valence-corrected chi connectivity index (χ1v) is 7.30. The van der Waals surface area contributed by atoms with Crippen molar-refractivity contribution in [2.45, 2.75) is 38.8 Å². The number of hydrogen-bond donors (Lipinski definition) is 1. The summed E-state index contributed by atoms with van der Waals surface area (Å²) >= 11 is 0. The number of halogens is 1. The molecule has 2 aromatic rings. The average molecular weight is 286 g/mol. The van der Waals surface area contributed by atoms with E-state index < -0.39 is 0 Å². The molecule has 0 amide bonds. The lowest BCUT2D eigenvalue weighted by Gasteiger charge is -2.19. The fourth-order valence-electron chi connectivity index (χ4n) is 2.77. The second-order valence-corrected chi connectivity index (χ2v) is 5.57. The molecule has 3 rings (SSSR count). The number of anilines is 1. The zero-order valence-corrected chi connectivity index (χ0v) is 12.3. The second kappa shape index (κ2) is 5.72. The predicted octanol–water partition coefficient (Wildman–Crippen LogP) is 4.11. The van der Waals surface area contributed by atoms with Gasteiger partial charge < -0.3 is 10.1 Å². The van der Waals surface area contributed by atoms with Crippen molar-refractivity contribution in [3.63, 3.8) is 0 Å². The largest absolute Gasteiger partial charge is 0.473 e. The van der Waals surface area contributed by atoms with E-state index in [4.69, 9.17) is 4.74 Å². The van der Waals surface area contributed by atoms with Crippen LogP contribution in [0.1, 0.15) is 37.4 Å². The van der Waals surface area contributed by atoms with Crippen molar-refractivity contribution in [1.29, 1.82) is 0 Å². The van der Waals surface area contributed by atoms with Crippen molar-refractivity contribution in [3.05, 3.63) is 53.5 Å². The van der Waals surface area contributed by atoms with Gasteiger partial charge in [-0.15, -0.1) is 0 Å². The first-order valence-electron chi connectivity index (χ1n) is 7.30. The molecule has 0 spiro atoms. The zero-order valence-electron chi connectivity index (χ0n) is 12.3. The lowest BCUT2D eigenvalue weighted by molar-refractivity contribution is 0.234. The van der Waals surface area contributed by atoms with Gasteiger partial charge in [0.05, 0.1) is 17.8 Å². The Kier molecular flexibility index (Phi) is 3.78. The Labute approximate surface area is 124 Å². The highest BCUT2D eigenvalue weighted by atomic mass is 19.1. The Hall–Kier alpha value is -2.10. The van der Waals surface area contributed by atoms with Gasteiger partial charge in [0.1, 0.15) is 5.82 Å². The molecular weight excluding hydrogens is 267 g/mol. The van der Waals surface area contributed by atoms with E-state index in [9.17, 15) is 4.39 Å². The molecule has 3 nitrogen and oxygen atoms in total. The Morgan fingerprint density at radius 3 is 2.95 bits per heavy atom. The molecule has 1 aliphatic carbocycles. The number of ether oxygens (including phenoxy) is 1. The lowest BCUT2D eigenvalue weighted by Crippen LogP contribution is -2.12. The molecule has 0 fully saturated rings. The molecule has 4 heteroatoms. The molecular formula is C17H19FN2O. The van der Waals surface area contributed by atoms with Crippen LogP contribution in [0.5, 0.6) is 5.88 Å². The van der Waals surface area contributed by atoms with Gasteiger partial charge in [0.15, 0.2) is 0 Å². The van der Waals surface area contributed by atoms with Crippen molar-refractivity contribution < 1.29 is 9.13 Å². The van der Waals surface area contributed by atoms with Gasteiger partial charge in [0.2, 0.25) is 5.88 Å². The van der Waals surface area contributed by atoms with E-state index in [0.717, 1.165) is 29.7 Å². The molecule has 21 heavy (non-hydrogen) atoms. The van der Waals surface area contributed by atoms with Crippen LogP contribution in [-0.4, -0.2) is 11.1 Å². The van der Waals surface area contributed by atoms with E-state index in [1.54, 1.807) is 12.3 Å². The van der Waals surface area contributed by atoms with E-state index in [1.165, 1.54) is 6.07 Å². The SMILES string of the molecule is CC(C)Oc1ncccc1NC1CCc2c(F)cccc21. The number of nitrogens with zero attached hydrogens (tertiary/aromatic N) is 1. The minimum absolute atomic E-state index is 0.0637. The number of benzene rings is 1. The summed E-state index contributed by atoms with van der Waals surface area (Å²) in [6, 6.07) is 9.21. The Balaban J connectivity index is 1.85. The van der Waals surface area contributed by atoms with E-state index in [2.05, 4.69) is 10.3 Å². The number of fused-ring (bicyclic) bond motifs is 1. The molecule has 1 heterocycles. The van der Waals surface area contributed by atoms with Crippen LogP contribution in [0.25, 0.3) is 0 Å². The van der Waals surface area contributed by atoms with Crippen LogP contribution >= 0.6 is 0 Å². The van der Waals surface area contributed by atoms with Crippen molar-refractivity contribution in [2.75, 3.05) is 5.32 Å². The lowest BCUT2D eigenvalue weighted by atomic mass is 10.1. The monoisotopic (exact) mass is 286 g/mol. The fourth-order valence-corrected chi connectivity index (χ4v) is 2.77. The fraction of sp³-hybridized carbons (Fsp3) is 0.353. The third kappa shape index (κ3) is 2.84. The van der Waals surface area contributed by atoms with E-state index in [-0.39, 0.29) is 18.0 Å². The highest BCUT2D eigenvalue weighted by Crippen LogP contribution is 2.36. The molecule has 0 saturated carbocycles. The summed E-state index contributed by atoms with van der Waals surface area (Å²) in [4.78, 5) is 4.28. The summed E-state index contributed by atoms with van der Waals surface area (Å²) in [7, 11) is 0. The predicted molar refractivity (Wildman–Crippen MR) is 81.1 cm³/mol. The van der Waals surface area contributed by atoms with E-state index in [0.29, 0.717) is 5.88 Å². The molecule has 1 N–H and O–H groups in total. The summed E-state index contributed by atoms with van der Waals surface area (Å²) in [5.74, 6) is 0.485. The van der Waals surface area contributed by atoms with Gasteiger partial charge in [0, 0.05) is 6.20 Å². The quantitative estimate of drug-likeness (QED) is 0.918. The first-order chi connectivity index (χ1) is 10.1. The summed E-state index contributed by atoms with van der Waals surface area (Å²) < 4.78 is 19.5. The second-order valence-electron chi connectivity index (χ2n) is 5.57. The van der Waals surface area contributed by atoms with Crippen molar-refractivity contribution >= 4 is 5.69 Å². The van der Waals surface area contributed by atoms with Crippen LogP contribution in [0.3, 0.4) is 0 Å². The first kappa shape index (κ1) is 13.9. The molecule has 0 saturated heterocycles. The van der Waals surface area contributed by atoms with Crippen LogP contribution in [-0.2, 0) is 6.42 Å². The molecule has 1 aromatic heterocycles. The third-order valence-corrected chi connectivity index (χ3v) is 3.66. The van der Waals surface area contributed by atoms with Gasteiger partial charge in [-0.25, -0.2) is 9.37 Å². The maximum Gasteiger partial charge on any atom is 0.237 e. The molecule has 1 atom stereocenters. The molecule has 0 bridgehead atoms. The van der Waals surface area contributed by atoms with Gasteiger partial charge in [-0.3, -0.25) is 0 Å². The van der Waals surface area contributed by atoms with Crippen LogP contribution < -0.4 is 10.1 Å². The number of nitrogens with one attached hydrogen (secondary N) is 1. The number of pyridine rings is 1. The Bertz CT molecular complexity index is 642. The number of aromatic nitrogens is 1. The third-order valence-electron chi connectivity index (χ3n) is 3.66. The number of rotatable bonds is 4. The van der Waals surface area contributed by atoms with Gasteiger partial charge in [-0.2, -0.15) is 0 Å². The molecule has 1 unspecified atom stereocenters. The topological polar surface area (TPSA) is 34.1 Å². The molecule has 0 radical (unpaired) electrons. The average Bonchev–Trinajstić information content (AvgIpc) is 2.85. The summed E-state index contributed by atoms with van der Waals surface area (Å²) in [5.41, 5.74) is 2.72. The van der Waals surface area contributed by atoms with Crippen molar-refractivity contribution in [1.82, 2.24) is 4.98 Å². The van der Waals surface area contributed by atoms with Gasteiger partial charge in [-0.1, -0.05) is 12.1 Å². The summed E-state index contributed by atoms with van der Waals surface area (Å²) in [6.45, 7) is 3.94. The minimum Gasteiger partial charge on any atom is -0.473 e. The highest BCUT2D eigenvalue weighted by Gasteiger charge is 2.25. The smallest absolute Gasteiger partial charge is 0.237 e. The summed E-state index contributed by atoms with van der Waals surface area (Å²) in [6.07, 6.45) is 3.42. The number of hydrogen-bond acceptors (Lipinski definition) is 3. The van der Waals surface area contributed by atoms with Crippen LogP contribution in [0.15, 0.2) is 36.5 Å². The maximum atomic E-state index is 13.8. The molecule has 110 valence electrons. The van der Waals surface area contributed by atoms with Gasteiger partial charge >= 0.3 is 0 Å². The van der Waals surface area contributed by atoms with E-state index >= 15 is 0 Å². The Morgan fingerprint density at radius 1 is 1.29 bits per heavy atom.